The van der Waals surface area contributed by atoms with Gasteiger partial charge in [-0.2, -0.15) is 0 Å². The van der Waals surface area contributed by atoms with Gasteiger partial charge in [-0.1, -0.05) is 0 Å². The first kappa shape index (κ1) is 8.31. The normalized spacial score (nSPS) is 15.5. The Labute approximate surface area is 75.9 Å². The van der Waals surface area contributed by atoms with Crippen LogP contribution in [0.2, 0.25) is 0 Å². The summed E-state index contributed by atoms with van der Waals surface area (Å²) in [6, 6.07) is 1.76. The highest BCUT2D eigenvalue weighted by Gasteiger charge is 2.14. The lowest BCUT2D eigenvalue weighted by Crippen LogP contribution is -2.27. The standard InChI is InChI=1S/C9H12N2O2/c1-11-8-5-13-3-2-6(8)4-7(10)9(11)12/h4H,2-3,5,10H2,1H3. The van der Waals surface area contributed by atoms with Crippen LogP contribution in [0.25, 0.3) is 0 Å². The topological polar surface area (TPSA) is 57.2 Å². The molecule has 1 aliphatic rings. The minimum absolute atomic E-state index is 0.135. The number of nitrogens with zero attached hydrogens (tertiary/aromatic N) is 1. The highest BCUT2D eigenvalue weighted by molar-refractivity contribution is 5.41. The first-order valence-corrected chi connectivity index (χ1v) is 4.25. The number of ether oxygens (including phenoxy) is 1. The van der Waals surface area contributed by atoms with E-state index >= 15 is 0 Å². The third-order valence-corrected chi connectivity index (χ3v) is 2.41. The number of hydrogen-bond acceptors (Lipinski definition) is 3. The molecule has 0 saturated heterocycles. The molecule has 0 saturated carbocycles. The average molecular weight is 180 g/mol. The van der Waals surface area contributed by atoms with Crippen LogP contribution in [0.1, 0.15) is 11.3 Å². The largest absolute Gasteiger partial charge is 0.394 e. The zero-order valence-corrected chi connectivity index (χ0v) is 7.54. The van der Waals surface area contributed by atoms with Gasteiger partial charge in [-0.3, -0.25) is 4.79 Å². The number of aromatic nitrogens is 1. The van der Waals surface area contributed by atoms with Crippen LogP contribution in [-0.2, 0) is 24.8 Å². The van der Waals surface area contributed by atoms with E-state index in [1.54, 1.807) is 17.7 Å². The maximum atomic E-state index is 11.4. The van der Waals surface area contributed by atoms with Gasteiger partial charge in [-0.25, -0.2) is 0 Å². The van der Waals surface area contributed by atoms with Crippen molar-refractivity contribution in [2.75, 3.05) is 12.3 Å². The third-order valence-electron chi connectivity index (χ3n) is 2.41. The zero-order chi connectivity index (χ0) is 9.42. The van der Waals surface area contributed by atoms with Crippen molar-refractivity contribution in [1.29, 1.82) is 0 Å². The van der Waals surface area contributed by atoms with E-state index in [-0.39, 0.29) is 5.56 Å². The molecule has 2 heterocycles. The second-order valence-corrected chi connectivity index (χ2v) is 3.24. The lowest BCUT2D eigenvalue weighted by Gasteiger charge is -2.19. The quantitative estimate of drug-likeness (QED) is 0.613. The highest BCUT2D eigenvalue weighted by Crippen LogP contribution is 2.15. The molecule has 1 aromatic rings. The fourth-order valence-corrected chi connectivity index (χ4v) is 1.62. The van der Waals surface area contributed by atoms with Gasteiger partial charge in [0.05, 0.1) is 18.9 Å². The number of pyridine rings is 1. The molecule has 1 aliphatic heterocycles. The Kier molecular flexibility index (Phi) is 1.84. The lowest BCUT2D eigenvalue weighted by molar-refractivity contribution is 0.104. The molecule has 0 aliphatic carbocycles. The fraction of sp³-hybridized carbons (Fsp3) is 0.444. The Morgan fingerprint density at radius 1 is 1.62 bits per heavy atom. The molecule has 0 aromatic carbocycles. The lowest BCUT2D eigenvalue weighted by atomic mass is 10.1. The van der Waals surface area contributed by atoms with Gasteiger partial charge in [0.1, 0.15) is 0 Å². The van der Waals surface area contributed by atoms with Crippen LogP contribution in [-0.4, -0.2) is 11.2 Å². The molecule has 70 valence electrons. The van der Waals surface area contributed by atoms with Crippen molar-refractivity contribution in [3.05, 3.63) is 27.7 Å². The van der Waals surface area contributed by atoms with E-state index in [1.165, 1.54) is 0 Å². The van der Waals surface area contributed by atoms with Crippen molar-refractivity contribution in [1.82, 2.24) is 4.57 Å². The van der Waals surface area contributed by atoms with Crippen LogP contribution in [0.3, 0.4) is 0 Å². The Balaban J connectivity index is 2.67. The molecule has 0 radical (unpaired) electrons. The van der Waals surface area contributed by atoms with Crippen molar-refractivity contribution >= 4 is 5.69 Å². The molecule has 2 rings (SSSR count). The summed E-state index contributed by atoms with van der Waals surface area (Å²) in [5, 5.41) is 0. The summed E-state index contributed by atoms with van der Waals surface area (Å²) < 4.78 is 6.84. The summed E-state index contributed by atoms with van der Waals surface area (Å²) in [7, 11) is 1.73. The molecule has 0 amide bonds. The van der Waals surface area contributed by atoms with E-state index in [4.69, 9.17) is 10.5 Å². The highest BCUT2D eigenvalue weighted by atomic mass is 16.5. The second-order valence-electron chi connectivity index (χ2n) is 3.24. The van der Waals surface area contributed by atoms with Crippen LogP contribution < -0.4 is 11.3 Å². The van der Waals surface area contributed by atoms with Crippen LogP contribution in [0, 0.1) is 0 Å². The average Bonchev–Trinajstić information content (AvgIpc) is 2.15. The van der Waals surface area contributed by atoms with Gasteiger partial charge in [-0.05, 0) is 18.1 Å². The van der Waals surface area contributed by atoms with Crippen molar-refractivity contribution in [3.63, 3.8) is 0 Å². The van der Waals surface area contributed by atoms with Gasteiger partial charge in [0.15, 0.2) is 0 Å². The summed E-state index contributed by atoms with van der Waals surface area (Å²) in [5.41, 5.74) is 7.84. The predicted octanol–water partition coefficient (Wildman–Crippen LogP) is 0.0402. The monoisotopic (exact) mass is 180 g/mol. The zero-order valence-electron chi connectivity index (χ0n) is 7.54. The van der Waals surface area contributed by atoms with Gasteiger partial charge >= 0.3 is 0 Å². The van der Waals surface area contributed by atoms with E-state index < -0.39 is 0 Å². The number of nitrogens with two attached hydrogens (primary N) is 1. The molecule has 4 nitrogen and oxygen atoms in total. The first-order valence-electron chi connectivity index (χ1n) is 4.25. The third kappa shape index (κ3) is 1.23. The molecule has 0 spiro atoms. The fourth-order valence-electron chi connectivity index (χ4n) is 1.62. The molecule has 4 heteroatoms. The molecule has 1 aromatic heterocycles. The summed E-state index contributed by atoms with van der Waals surface area (Å²) in [4.78, 5) is 11.4. The second kappa shape index (κ2) is 2.88. The Morgan fingerprint density at radius 2 is 2.38 bits per heavy atom. The number of rotatable bonds is 0. The van der Waals surface area contributed by atoms with Gasteiger partial charge in [-0.15, -0.1) is 0 Å². The smallest absolute Gasteiger partial charge is 0.273 e. The summed E-state index contributed by atoms with van der Waals surface area (Å²) >= 11 is 0. The summed E-state index contributed by atoms with van der Waals surface area (Å²) in [5.74, 6) is 0. The Hall–Kier alpha value is -1.29. The summed E-state index contributed by atoms with van der Waals surface area (Å²) in [6.45, 7) is 1.23. The molecule has 2 N–H and O–H groups in total. The van der Waals surface area contributed by atoms with Crippen LogP contribution >= 0.6 is 0 Å². The molecule has 13 heavy (non-hydrogen) atoms. The first-order chi connectivity index (χ1) is 6.20. The Morgan fingerprint density at radius 3 is 3.15 bits per heavy atom. The molecular formula is C9H12N2O2. The van der Waals surface area contributed by atoms with Gasteiger partial charge in [0, 0.05) is 12.7 Å². The van der Waals surface area contributed by atoms with E-state index in [0.29, 0.717) is 18.9 Å². The minimum atomic E-state index is -0.135. The van der Waals surface area contributed by atoms with E-state index in [1.807, 2.05) is 0 Å². The molecule has 0 bridgehead atoms. The Bertz CT molecular complexity index is 395. The number of anilines is 1. The van der Waals surface area contributed by atoms with E-state index in [9.17, 15) is 4.79 Å². The van der Waals surface area contributed by atoms with Crippen LogP contribution in [0.15, 0.2) is 10.9 Å². The van der Waals surface area contributed by atoms with Crippen molar-refractivity contribution in [3.8, 4) is 0 Å². The number of fused-ring (bicyclic) bond motifs is 1. The van der Waals surface area contributed by atoms with Crippen molar-refractivity contribution < 1.29 is 4.74 Å². The van der Waals surface area contributed by atoms with Gasteiger partial charge in [0.25, 0.3) is 5.56 Å². The predicted molar refractivity (Wildman–Crippen MR) is 49.5 cm³/mol. The van der Waals surface area contributed by atoms with Gasteiger partial charge in [0.2, 0.25) is 0 Å². The molecule has 0 unspecified atom stereocenters. The van der Waals surface area contributed by atoms with E-state index in [2.05, 4.69) is 0 Å². The SMILES string of the molecule is Cn1c2c(cc(N)c1=O)CCOC2. The maximum absolute atomic E-state index is 11.4. The minimum Gasteiger partial charge on any atom is -0.394 e. The molecular weight excluding hydrogens is 168 g/mol. The van der Waals surface area contributed by atoms with Crippen LogP contribution in [0.4, 0.5) is 5.69 Å². The molecule has 0 atom stereocenters. The number of nitrogen functional groups attached to an aromatic ring is 1. The van der Waals surface area contributed by atoms with E-state index in [0.717, 1.165) is 17.7 Å². The molecule has 0 fully saturated rings. The van der Waals surface area contributed by atoms with Crippen molar-refractivity contribution in [2.24, 2.45) is 7.05 Å². The van der Waals surface area contributed by atoms with Crippen LogP contribution in [0.5, 0.6) is 0 Å². The van der Waals surface area contributed by atoms with Gasteiger partial charge < -0.3 is 15.0 Å². The summed E-state index contributed by atoms with van der Waals surface area (Å²) in [6.07, 6.45) is 0.841. The maximum Gasteiger partial charge on any atom is 0.273 e. The number of hydrogen-bond donors (Lipinski definition) is 1. The van der Waals surface area contributed by atoms with Crippen molar-refractivity contribution in [2.45, 2.75) is 13.0 Å².